The molecule has 1 heterocycles. The summed E-state index contributed by atoms with van der Waals surface area (Å²) in [7, 11) is 0. The van der Waals surface area contributed by atoms with E-state index >= 15 is 0 Å². The Bertz CT molecular complexity index is 865. The lowest BCUT2D eigenvalue weighted by atomic mass is 9.63. The number of aromatic hydroxyl groups is 1. The molecule has 134 valence electrons. The lowest BCUT2D eigenvalue weighted by Gasteiger charge is -2.37. The molecule has 4 atom stereocenters. The first-order chi connectivity index (χ1) is 12.4. The number of phenolic OH excluding ortho intramolecular Hbond substituents is 1. The van der Waals surface area contributed by atoms with Crippen molar-refractivity contribution in [1.29, 1.82) is 0 Å². The van der Waals surface area contributed by atoms with Gasteiger partial charge < -0.3 is 5.11 Å². The molecule has 8 nitrogen and oxygen atoms in total. The van der Waals surface area contributed by atoms with Crippen LogP contribution in [0.3, 0.4) is 0 Å². The number of halogens is 1. The summed E-state index contributed by atoms with van der Waals surface area (Å²) < 4.78 is 0.374. The fraction of sp³-hybridized carbons (Fsp3) is 0.353. The van der Waals surface area contributed by atoms with Crippen molar-refractivity contribution in [2.75, 3.05) is 0 Å². The largest absolute Gasteiger partial charge is 0.502 e. The van der Waals surface area contributed by atoms with Gasteiger partial charge in [0.2, 0.25) is 5.75 Å². The van der Waals surface area contributed by atoms with Gasteiger partial charge in [0.1, 0.15) is 0 Å². The third-order valence-electron chi connectivity index (χ3n) is 5.33. The Morgan fingerprint density at radius 2 is 1.77 bits per heavy atom. The monoisotopic (exact) mass is 419 g/mol. The molecule has 1 aromatic rings. The van der Waals surface area contributed by atoms with Crippen LogP contribution in [0.1, 0.15) is 18.4 Å². The van der Waals surface area contributed by atoms with Crippen molar-refractivity contribution in [3.8, 4) is 5.75 Å². The van der Waals surface area contributed by atoms with Crippen LogP contribution in [0, 0.1) is 33.8 Å². The summed E-state index contributed by atoms with van der Waals surface area (Å²) in [6.45, 7) is 0. The molecule has 4 aliphatic rings. The fourth-order valence-corrected chi connectivity index (χ4v) is 4.60. The van der Waals surface area contributed by atoms with Crippen molar-refractivity contribution in [2.45, 2.75) is 12.8 Å². The summed E-state index contributed by atoms with van der Waals surface area (Å²) >= 11 is 3.13. The summed E-state index contributed by atoms with van der Waals surface area (Å²) in [5, 5.41) is 25.8. The van der Waals surface area contributed by atoms with Crippen LogP contribution in [0.5, 0.6) is 5.75 Å². The van der Waals surface area contributed by atoms with Crippen molar-refractivity contribution < 1.29 is 19.6 Å². The van der Waals surface area contributed by atoms with Gasteiger partial charge in [-0.05, 0) is 30.7 Å². The van der Waals surface area contributed by atoms with E-state index in [4.69, 9.17) is 0 Å². The van der Waals surface area contributed by atoms with Crippen LogP contribution in [0.15, 0.2) is 33.9 Å². The number of hydrogen-bond acceptors (Lipinski definition) is 6. The van der Waals surface area contributed by atoms with Crippen LogP contribution < -0.4 is 0 Å². The van der Waals surface area contributed by atoms with Gasteiger partial charge in [-0.15, -0.1) is 0 Å². The number of nitro groups is 1. The topological polar surface area (TPSA) is 113 Å². The van der Waals surface area contributed by atoms with Crippen LogP contribution >= 0.6 is 15.9 Å². The molecule has 2 amide bonds. The summed E-state index contributed by atoms with van der Waals surface area (Å²) in [5.74, 6) is -1.91. The molecule has 0 aromatic heterocycles. The molecular weight excluding hydrogens is 406 g/mol. The van der Waals surface area contributed by atoms with E-state index in [1.54, 1.807) is 0 Å². The Morgan fingerprint density at radius 3 is 2.27 bits per heavy atom. The predicted molar refractivity (Wildman–Crippen MR) is 94.2 cm³/mol. The Morgan fingerprint density at radius 1 is 1.19 bits per heavy atom. The molecule has 1 N–H and O–H groups in total. The minimum Gasteiger partial charge on any atom is -0.502 e. The SMILES string of the molecule is O=C1C2C3C=CC(CC3)C2C(=O)N1N=Cc1cc(Br)cc([N+](=O)[O-])c1O. The Hall–Kier alpha value is -2.55. The van der Waals surface area contributed by atoms with Gasteiger partial charge in [-0.3, -0.25) is 19.7 Å². The standard InChI is InChI=1S/C17H14BrN3O5/c18-11-5-10(15(22)12(6-11)21(25)26)7-19-20-16(23)13-8-1-2-9(4-3-8)14(13)17(20)24/h1-2,5-9,13-14,22H,3-4H2. The van der Waals surface area contributed by atoms with Gasteiger partial charge in [-0.1, -0.05) is 28.1 Å². The summed E-state index contributed by atoms with van der Waals surface area (Å²) in [4.78, 5) is 35.6. The molecule has 2 fully saturated rings. The second-order valence-corrected chi connectivity index (χ2v) is 7.61. The van der Waals surface area contributed by atoms with Crippen LogP contribution in [0.4, 0.5) is 5.69 Å². The van der Waals surface area contributed by atoms with Crippen LogP contribution in [-0.2, 0) is 9.59 Å². The van der Waals surface area contributed by atoms with Crippen molar-refractivity contribution in [3.05, 3.63) is 44.4 Å². The molecule has 26 heavy (non-hydrogen) atoms. The maximum atomic E-state index is 12.7. The molecule has 0 radical (unpaired) electrons. The Labute approximate surface area is 156 Å². The lowest BCUT2D eigenvalue weighted by molar-refractivity contribution is -0.385. The average molecular weight is 420 g/mol. The van der Waals surface area contributed by atoms with E-state index in [0.717, 1.165) is 30.1 Å². The Balaban J connectivity index is 1.65. The number of imide groups is 1. The zero-order chi connectivity index (χ0) is 18.6. The molecule has 3 aliphatic carbocycles. The molecule has 4 unspecified atom stereocenters. The highest BCUT2D eigenvalue weighted by atomic mass is 79.9. The highest BCUT2D eigenvalue weighted by molar-refractivity contribution is 9.10. The van der Waals surface area contributed by atoms with E-state index in [1.807, 2.05) is 12.2 Å². The van der Waals surface area contributed by atoms with Gasteiger partial charge in [-0.25, -0.2) is 0 Å². The highest BCUT2D eigenvalue weighted by Gasteiger charge is 2.56. The number of nitrogens with zero attached hydrogens (tertiary/aromatic N) is 3. The molecule has 1 aromatic carbocycles. The van der Waals surface area contributed by atoms with Crippen molar-refractivity contribution in [1.82, 2.24) is 5.01 Å². The zero-order valence-electron chi connectivity index (χ0n) is 13.4. The first-order valence-electron chi connectivity index (χ1n) is 8.15. The number of hydrazone groups is 1. The number of phenols is 1. The van der Waals surface area contributed by atoms with Gasteiger partial charge in [0.25, 0.3) is 11.8 Å². The third kappa shape index (κ3) is 2.45. The number of fused-ring (bicyclic) bond motifs is 1. The van der Waals surface area contributed by atoms with E-state index in [0.29, 0.717) is 4.47 Å². The van der Waals surface area contributed by atoms with Crippen LogP contribution in [0.25, 0.3) is 0 Å². The minimum atomic E-state index is -0.721. The number of rotatable bonds is 3. The Kier molecular flexibility index (Phi) is 3.91. The number of carbonyl (C=O) groups excluding carboxylic acids is 2. The van der Waals surface area contributed by atoms with Crippen molar-refractivity contribution in [3.63, 3.8) is 0 Å². The molecule has 9 heteroatoms. The van der Waals surface area contributed by atoms with Gasteiger partial charge in [0.05, 0.1) is 23.0 Å². The van der Waals surface area contributed by atoms with Crippen molar-refractivity contribution >= 4 is 39.6 Å². The van der Waals surface area contributed by atoms with Crippen LogP contribution in [-0.4, -0.2) is 33.1 Å². The predicted octanol–water partition coefficient (Wildman–Crippen LogP) is 2.59. The van der Waals surface area contributed by atoms with Gasteiger partial charge >= 0.3 is 5.69 Å². The minimum absolute atomic E-state index is 0.0441. The average Bonchev–Trinajstić information content (AvgIpc) is 2.89. The zero-order valence-corrected chi connectivity index (χ0v) is 15.0. The normalized spacial score (nSPS) is 29.7. The first-order valence-corrected chi connectivity index (χ1v) is 8.95. The second-order valence-electron chi connectivity index (χ2n) is 6.69. The van der Waals surface area contributed by atoms with Gasteiger partial charge in [-0.2, -0.15) is 10.1 Å². The third-order valence-corrected chi connectivity index (χ3v) is 5.79. The molecule has 1 aliphatic heterocycles. The number of hydrogen-bond donors (Lipinski definition) is 1. The van der Waals surface area contributed by atoms with E-state index in [-0.39, 0.29) is 41.0 Å². The highest BCUT2D eigenvalue weighted by Crippen LogP contribution is 2.49. The van der Waals surface area contributed by atoms with Gasteiger partial charge in [0.15, 0.2) is 0 Å². The molecule has 0 spiro atoms. The first kappa shape index (κ1) is 16.9. The van der Waals surface area contributed by atoms with E-state index in [1.165, 1.54) is 6.07 Å². The summed E-state index contributed by atoms with van der Waals surface area (Å²) in [6.07, 6.45) is 6.90. The molecule has 5 rings (SSSR count). The number of amides is 2. The number of carbonyl (C=O) groups is 2. The van der Waals surface area contributed by atoms with Crippen LogP contribution in [0.2, 0.25) is 0 Å². The summed E-state index contributed by atoms with van der Waals surface area (Å²) in [6, 6.07) is 2.59. The number of nitro benzene ring substituents is 1. The maximum absolute atomic E-state index is 12.7. The maximum Gasteiger partial charge on any atom is 0.312 e. The molecule has 1 saturated heterocycles. The van der Waals surface area contributed by atoms with E-state index in [2.05, 4.69) is 21.0 Å². The quantitative estimate of drug-likeness (QED) is 0.266. The fourth-order valence-electron chi connectivity index (χ4n) is 4.14. The van der Waals surface area contributed by atoms with Crippen molar-refractivity contribution in [2.24, 2.45) is 28.8 Å². The molecular formula is C17H14BrN3O5. The molecule has 2 bridgehead atoms. The van der Waals surface area contributed by atoms with E-state index < -0.39 is 16.4 Å². The smallest absolute Gasteiger partial charge is 0.312 e. The molecule has 1 saturated carbocycles. The van der Waals surface area contributed by atoms with E-state index in [9.17, 15) is 24.8 Å². The van der Waals surface area contributed by atoms with Gasteiger partial charge in [0, 0.05) is 16.1 Å². The second kappa shape index (κ2) is 6.01. The lowest BCUT2D eigenvalue weighted by Crippen LogP contribution is -2.38. The summed E-state index contributed by atoms with van der Waals surface area (Å²) in [5.41, 5.74) is -0.446. The number of allylic oxidation sites excluding steroid dienone is 2. The number of benzene rings is 1.